The van der Waals surface area contributed by atoms with E-state index >= 15 is 0 Å². The van der Waals surface area contributed by atoms with Crippen LogP contribution in [-0.2, 0) is 0 Å². The lowest BCUT2D eigenvalue weighted by atomic mass is 10.0. The van der Waals surface area contributed by atoms with Gasteiger partial charge in [-0.1, -0.05) is 164 Å². The van der Waals surface area contributed by atoms with E-state index in [2.05, 4.69) is 258 Å². The molecule has 0 bridgehead atoms. The molecule has 0 unspecified atom stereocenters. The maximum atomic E-state index is 8.72. The van der Waals surface area contributed by atoms with Crippen molar-refractivity contribution in [1.29, 1.82) is 0 Å². The van der Waals surface area contributed by atoms with Gasteiger partial charge in [-0.2, -0.15) is 0 Å². The van der Waals surface area contributed by atoms with E-state index < -0.39 is 0 Å². The Balaban J connectivity index is 1.31. The van der Waals surface area contributed by atoms with E-state index in [1.165, 1.54) is 43.1 Å². The second kappa shape index (κ2) is 14.0. The van der Waals surface area contributed by atoms with Gasteiger partial charge in [-0.15, -0.1) is 0 Å². The Bertz CT molecular complexity index is 5080. The second-order valence-corrected chi connectivity index (χ2v) is 19.5. The Hall–Kier alpha value is -10.1. The first-order chi connectivity index (χ1) is 36.3. The van der Waals surface area contributed by atoms with Crippen LogP contribution in [0.1, 0.15) is 0 Å². The Labute approximate surface area is 416 Å². The Morgan fingerprint density at radius 3 is 0.849 bits per heavy atom. The summed E-state index contributed by atoms with van der Waals surface area (Å²) in [5.41, 5.74) is 16.8. The zero-order valence-electron chi connectivity index (χ0n) is 39.1. The number of hydrogen-bond donors (Lipinski definition) is 0. The quantitative estimate of drug-likeness (QED) is 0.157. The van der Waals surface area contributed by atoms with Gasteiger partial charge in [-0.3, -0.25) is 0 Å². The van der Waals surface area contributed by atoms with Crippen molar-refractivity contribution >= 4 is 131 Å². The zero-order valence-corrected chi connectivity index (χ0v) is 39.1. The van der Waals surface area contributed by atoms with Gasteiger partial charge in [0.25, 0.3) is 0 Å². The van der Waals surface area contributed by atoms with Crippen LogP contribution in [0.4, 0.5) is 5.69 Å². The standard InChI is InChI=1S/C67H38N6/c1-68-40-38-50-49-28-10-19-37-60(49)73-62(50)51(39-40)61-63(69-52-29-11-2-20-41(52)42-21-3-12-30-53(42)69)65(70-54-31-13-4-22-43(54)44-23-5-14-32-55(44)70)67(72-58-35-17-8-26-47(58)48-27-9-18-36-59(48)72)66(64(61)73)71-56-33-15-6-24-45(56)46-25-7-16-34-57(46)71/h2-39H. The number of rotatable bonds is 4. The normalized spacial score (nSPS) is 12.4. The van der Waals surface area contributed by atoms with Gasteiger partial charge in [0.2, 0.25) is 0 Å². The molecule has 0 spiro atoms. The summed E-state index contributed by atoms with van der Waals surface area (Å²) in [6.07, 6.45) is 0. The van der Waals surface area contributed by atoms with Gasteiger partial charge in [-0.05, 0) is 72.1 Å². The molecule has 6 nitrogen and oxygen atoms in total. The van der Waals surface area contributed by atoms with Crippen molar-refractivity contribution < 1.29 is 0 Å². The van der Waals surface area contributed by atoms with Crippen LogP contribution in [0.25, 0.3) is 153 Å². The molecular formula is C67H38N6. The van der Waals surface area contributed by atoms with E-state index in [0.29, 0.717) is 5.69 Å². The summed E-state index contributed by atoms with van der Waals surface area (Å²) in [4.78, 5) is 4.26. The van der Waals surface area contributed by atoms with Crippen LogP contribution < -0.4 is 0 Å². The van der Waals surface area contributed by atoms with Crippen LogP contribution in [0.5, 0.6) is 0 Å². The van der Waals surface area contributed by atoms with Gasteiger partial charge in [0.15, 0.2) is 5.69 Å². The van der Waals surface area contributed by atoms with Crippen molar-refractivity contribution in [3.8, 4) is 22.7 Å². The summed E-state index contributed by atoms with van der Waals surface area (Å²) in [6, 6.07) is 84.3. The van der Waals surface area contributed by atoms with Crippen molar-refractivity contribution in [3.05, 3.63) is 242 Å². The molecule has 0 atom stereocenters. The zero-order chi connectivity index (χ0) is 47.6. The summed E-state index contributed by atoms with van der Waals surface area (Å²) in [5, 5.41) is 13.7. The molecule has 0 aliphatic heterocycles. The third kappa shape index (κ3) is 4.81. The van der Waals surface area contributed by atoms with E-state index in [4.69, 9.17) is 6.57 Å². The van der Waals surface area contributed by atoms with Crippen molar-refractivity contribution in [2.75, 3.05) is 0 Å². The van der Waals surface area contributed by atoms with Crippen molar-refractivity contribution in [2.24, 2.45) is 0 Å². The lowest BCUT2D eigenvalue weighted by molar-refractivity contribution is 1.03. The molecule has 6 aromatic heterocycles. The minimum Gasteiger partial charge on any atom is -0.306 e. The van der Waals surface area contributed by atoms with E-state index in [0.717, 1.165) is 105 Å². The molecule has 0 fully saturated rings. The molecule has 0 aliphatic rings. The summed E-state index contributed by atoms with van der Waals surface area (Å²) in [6.45, 7) is 8.72. The van der Waals surface area contributed by atoms with Gasteiger partial charge in [0.05, 0.1) is 90.0 Å². The van der Waals surface area contributed by atoms with Gasteiger partial charge in [0, 0.05) is 59.2 Å². The summed E-state index contributed by atoms with van der Waals surface area (Å²) in [7, 11) is 0. The fraction of sp³-hybridized carbons (Fsp3) is 0. The highest BCUT2D eigenvalue weighted by molar-refractivity contribution is 6.30. The van der Waals surface area contributed by atoms with E-state index in [1.807, 2.05) is 0 Å². The number of hydrogen-bond acceptors (Lipinski definition) is 0. The first-order valence-electron chi connectivity index (χ1n) is 24.9. The van der Waals surface area contributed by atoms with Crippen LogP contribution in [-0.4, -0.2) is 22.7 Å². The molecule has 11 aromatic carbocycles. The van der Waals surface area contributed by atoms with Crippen LogP contribution >= 0.6 is 0 Å². The summed E-state index contributed by atoms with van der Waals surface area (Å²) < 4.78 is 12.8. The van der Waals surface area contributed by atoms with Crippen molar-refractivity contribution in [2.45, 2.75) is 0 Å². The van der Waals surface area contributed by atoms with E-state index in [-0.39, 0.29) is 0 Å². The van der Waals surface area contributed by atoms with Crippen molar-refractivity contribution in [1.82, 2.24) is 22.7 Å². The Morgan fingerprint density at radius 2 is 0.507 bits per heavy atom. The maximum Gasteiger partial charge on any atom is 0.188 e. The topological polar surface area (TPSA) is 28.5 Å². The predicted octanol–water partition coefficient (Wildman–Crippen LogP) is 17.8. The van der Waals surface area contributed by atoms with Gasteiger partial charge in [0.1, 0.15) is 0 Å². The third-order valence-corrected chi connectivity index (χ3v) is 16.0. The minimum absolute atomic E-state index is 0.606. The first kappa shape index (κ1) is 38.7. The molecule has 0 amide bonds. The second-order valence-electron chi connectivity index (χ2n) is 19.5. The fourth-order valence-electron chi connectivity index (χ4n) is 13.2. The molecule has 0 radical (unpaired) electrons. The number of nitrogens with zero attached hydrogens (tertiary/aromatic N) is 6. The van der Waals surface area contributed by atoms with Crippen LogP contribution in [0.2, 0.25) is 0 Å². The van der Waals surface area contributed by atoms with E-state index in [1.54, 1.807) is 0 Å². The molecule has 336 valence electrons. The Kier molecular flexibility index (Phi) is 7.45. The molecule has 6 heterocycles. The smallest absolute Gasteiger partial charge is 0.188 e. The summed E-state index contributed by atoms with van der Waals surface area (Å²) in [5.74, 6) is 0. The van der Waals surface area contributed by atoms with Gasteiger partial charge < -0.3 is 22.7 Å². The van der Waals surface area contributed by atoms with E-state index in [9.17, 15) is 0 Å². The number of para-hydroxylation sites is 9. The number of aromatic nitrogens is 5. The highest BCUT2D eigenvalue weighted by Crippen LogP contribution is 2.54. The van der Waals surface area contributed by atoms with Crippen LogP contribution in [0, 0.1) is 6.57 Å². The molecule has 17 aromatic rings. The van der Waals surface area contributed by atoms with Gasteiger partial charge >= 0.3 is 0 Å². The van der Waals surface area contributed by atoms with Crippen molar-refractivity contribution in [3.63, 3.8) is 0 Å². The molecule has 73 heavy (non-hydrogen) atoms. The maximum absolute atomic E-state index is 8.72. The van der Waals surface area contributed by atoms with Crippen LogP contribution in [0.3, 0.4) is 0 Å². The average molecular weight is 927 g/mol. The molecule has 0 saturated carbocycles. The van der Waals surface area contributed by atoms with Crippen LogP contribution in [0.15, 0.2) is 231 Å². The number of fused-ring (bicyclic) bond motifs is 18. The molecule has 17 rings (SSSR count). The SMILES string of the molecule is [C-]#[N+]c1cc2c3ccccc3n3c4c(-n5c6ccccc6c6ccccc65)c(-n5c6ccccc6c6ccccc65)c(-n5c6ccccc6c6ccccc65)c(-n5c6ccccc6c6ccccc65)c4c(c1)c23. The Morgan fingerprint density at radius 1 is 0.247 bits per heavy atom. The lowest BCUT2D eigenvalue weighted by Crippen LogP contribution is -2.14. The number of benzene rings is 11. The monoisotopic (exact) mass is 926 g/mol. The largest absolute Gasteiger partial charge is 0.306 e. The molecular weight excluding hydrogens is 889 g/mol. The molecule has 0 aliphatic carbocycles. The fourth-order valence-corrected chi connectivity index (χ4v) is 13.2. The lowest BCUT2D eigenvalue weighted by Gasteiger charge is -2.27. The first-order valence-corrected chi connectivity index (χ1v) is 24.9. The minimum atomic E-state index is 0.606. The van der Waals surface area contributed by atoms with Gasteiger partial charge in [-0.25, -0.2) is 4.85 Å². The molecule has 0 saturated heterocycles. The third-order valence-electron chi connectivity index (χ3n) is 16.0. The average Bonchev–Trinajstić information content (AvgIpc) is 4.30. The highest BCUT2D eigenvalue weighted by Gasteiger charge is 2.35. The summed E-state index contributed by atoms with van der Waals surface area (Å²) >= 11 is 0. The molecule has 6 heteroatoms. The predicted molar refractivity (Wildman–Crippen MR) is 305 cm³/mol. The molecule has 0 N–H and O–H groups in total. The highest BCUT2D eigenvalue weighted by atomic mass is 15.2.